The largest absolute Gasteiger partial charge is 0.507 e. The summed E-state index contributed by atoms with van der Waals surface area (Å²) in [6, 6.07) is 3.86. The summed E-state index contributed by atoms with van der Waals surface area (Å²) >= 11 is 1.36. The summed E-state index contributed by atoms with van der Waals surface area (Å²) in [5.41, 5.74) is 1.32. The van der Waals surface area contributed by atoms with E-state index in [-0.39, 0.29) is 10.8 Å². The number of carbonyl (C=O) groups is 1. The highest BCUT2D eigenvalue weighted by Crippen LogP contribution is 2.42. The van der Waals surface area contributed by atoms with E-state index in [0.29, 0.717) is 12.2 Å². The molecular weight excluding hydrogens is 296 g/mol. The highest BCUT2D eigenvalue weighted by molar-refractivity contribution is 8.00. The molecule has 124 valence electrons. The molecule has 4 heteroatoms. The topological polar surface area (TPSA) is 57.5 Å². The van der Waals surface area contributed by atoms with E-state index >= 15 is 0 Å². The van der Waals surface area contributed by atoms with Crippen molar-refractivity contribution in [3.8, 4) is 5.75 Å². The average Bonchev–Trinajstić information content (AvgIpc) is 2.34. The Bertz CT molecular complexity index is 515. The highest BCUT2D eigenvalue weighted by atomic mass is 32.2. The van der Waals surface area contributed by atoms with E-state index in [2.05, 4.69) is 41.5 Å². The normalized spacial score (nSPS) is 14.0. The number of rotatable bonds is 4. The van der Waals surface area contributed by atoms with Gasteiger partial charge in [0.2, 0.25) is 0 Å². The van der Waals surface area contributed by atoms with Crippen LogP contribution in [0.5, 0.6) is 5.75 Å². The number of aromatic hydroxyl groups is 1. The fraction of sp³-hybridized carbons (Fsp3) is 0.611. The molecule has 0 heterocycles. The fourth-order valence-corrected chi connectivity index (χ4v) is 3.26. The Morgan fingerprint density at radius 3 is 1.77 bits per heavy atom. The Balaban J connectivity index is 3.44. The first-order chi connectivity index (χ1) is 9.87. The van der Waals surface area contributed by atoms with Gasteiger partial charge in [-0.2, -0.15) is 0 Å². The van der Waals surface area contributed by atoms with E-state index in [9.17, 15) is 15.0 Å². The van der Waals surface area contributed by atoms with Gasteiger partial charge in [0.15, 0.2) is 0 Å². The van der Waals surface area contributed by atoms with Crippen molar-refractivity contribution < 1.29 is 15.0 Å². The number of phenols is 1. The first-order valence-corrected chi connectivity index (χ1v) is 8.53. The Hall–Kier alpha value is -1.16. The molecule has 0 unspecified atom stereocenters. The number of carboxylic acids is 1. The second-order valence-electron chi connectivity index (χ2n) is 7.72. The zero-order valence-electron chi connectivity index (χ0n) is 14.7. The highest BCUT2D eigenvalue weighted by Gasteiger charge is 2.27. The van der Waals surface area contributed by atoms with Gasteiger partial charge in [-0.25, -0.2) is 0 Å². The van der Waals surface area contributed by atoms with Gasteiger partial charge in [0, 0.05) is 16.0 Å². The summed E-state index contributed by atoms with van der Waals surface area (Å²) in [6.07, 6.45) is 0.566. The van der Waals surface area contributed by atoms with Gasteiger partial charge in [-0.05, 0) is 29.4 Å². The molecule has 0 aliphatic carbocycles. The third kappa shape index (κ3) is 4.42. The minimum Gasteiger partial charge on any atom is -0.507 e. The van der Waals surface area contributed by atoms with Crippen LogP contribution < -0.4 is 0 Å². The second-order valence-corrected chi connectivity index (χ2v) is 9.00. The number of hydrogen-bond acceptors (Lipinski definition) is 3. The van der Waals surface area contributed by atoms with Gasteiger partial charge in [-0.1, -0.05) is 48.5 Å². The van der Waals surface area contributed by atoms with Crippen molar-refractivity contribution in [3.05, 3.63) is 23.3 Å². The van der Waals surface area contributed by atoms with Crippen LogP contribution in [0.4, 0.5) is 0 Å². The van der Waals surface area contributed by atoms with Crippen molar-refractivity contribution >= 4 is 17.7 Å². The van der Waals surface area contributed by atoms with Crippen LogP contribution in [-0.4, -0.2) is 21.4 Å². The van der Waals surface area contributed by atoms with Crippen LogP contribution in [0.2, 0.25) is 0 Å². The van der Waals surface area contributed by atoms with Crippen LogP contribution in [0, 0.1) is 0 Å². The lowest BCUT2D eigenvalue weighted by Gasteiger charge is -2.28. The number of hydrogen-bond donors (Lipinski definition) is 2. The molecule has 0 aliphatic heterocycles. The third-order valence-electron chi connectivity index (χ3n) is 3.62. The molecule has 0 spiro atoms. The maximum Gasteiger partial charge on any atom is 0.316 e. The smallest absolute Gasteiger partial charge is 0.316 e. The summed E-state index contributed by atoms with van der Waals surface area (Å²) in [5, 5.41) is 19.5. The average molecular weight is 324 g/mol. The summed E-state index contributed by atoms with van der Waals surface area (Å²) < 4.78 is 0. The van der Waals surface area contributed by atoms with Gasteiger partial charge in [-0.3, -0.25) is 4.79 Å². The van der Waals surface area contributed by atoms with E-state index in [0.717, 1.165) is 16.0 Å². The molecular formula is C18H28O3S. The summed E-state index contributed by atoms with van der Waals surface area (Å²) in [4.78, 5) is 12.2. The molecule has 0 amide bonds. The van der Waals surface area contributed by atoms with Crippen molar-refractivity contribution in [2.45, 2.75) is 75.9 Å². The van der Waals surface area contributed by atoms with Crippen molar-refractivity contribution in [1.29, 1.82) is 0 Å². The molecule has 3 nitrogen and oxygen atoms in total. The van der Waals surface area contributed by atoms with E-state index in [1.165, 1.54) is 11.8 Å². The molecule has 1 atom stereocenters. The minimum atomic E-state index is -0.796. The number of phenolic OH excluding ortho intramolecular Hbond substituents is 1. The van der Waals surface area contributed by atoms with Crippen LogP contribution in [0.1, 0.15) is 66.0 Å². The Morgan fingerprint density at radius 2 is 1.50 bits per heavy atom. The molecule has 2 N–H and O–H groups in total. The molecule has 1 aromatic rings. The Kier molecular flexibility index (Phi) is 5.61. The SMILES string of the molecule is CC[C@@H](Sc1cc(C(C)(C)C)c(O)c(C(C)(C)C)c1)C(=O)O. The van der Waals surface area contributed by atoms with Crippen molar-refractivity contribution in [1.82, 2.24) is 0 Å². The zero-order chi connectivity index (χ0) is 17.3. The van der Waals surface area contributed by atoms with Gasteiger partial charge in [0.25, 0.3) is 0 Å². The number of carboxylic acid groups (broad SMARTS) is 1. The molecule has 22 heavy (non-hydrogen) atoms. The molecule has 0 aromatic heterocycles. The van der Waals surface area contributed by atoms with E-state index in [1.807, 2.05) is 19.1 Å². The van der Waals surface area contributed by atoms with Gasteiger partial charge >= 0.3 is 5.97 Å². The number of aliphatic carboxylic acids is 1. The number of benzene rings is 1. The van der Waals surface area contributed by atoms with E-state index < -0.39 is 11.2 Å². The summed E-state index contributed by atoms with van der Waals surface area (Å²) in [6.45, 7) is 14.2. The number of thioether (sulfide) groups is 1. The Morgan fingerprint density at radius 1 is 1.09 bits per heavy atom. The van der Waals surface area contributed by atoms with Crippen molar-refractivity contribution in [2.75, 3.05) is 0 Å². The molecule has 0 aliphatic rings. The first-order valence-electron chi connectivity index (χ1n) is 7.65. The van der Waals surface area contributed by atoms with Gasteiger partial charge < -0.3 is 10.2 Å². The fourth-order valence-electron chi connectivity index (χ4n) is 2.29. The minimum absolute atomic E-state index is 0.203. The summed E-state index contributed by atoms with van der Waals surface area (Å²) in [5.74, 6) is -0.470. The maximum absolute atomic E-state index is 11.3. The van der Waals surface area contributed by atoms with Crippen molar-refractivity contribution in [2.24, 2.45) is 0 Å². The molecule has 1 rings (SSSR count). The molecule has 1 aromatic carbocycles. The molecule has 0 fully saturated rings. The van der Waals surface area contributed by atoms with Gasteiger partial charge in [0.1, 0.15) is 11.0 Å². The second kappa shape index (κ2) is 6.53. The maximum atomic E-state index is 11.3. The quantitative estimate of drug-likeness (QED) is 0.770. The van der Waals surface area contributed by atoms with Crippen LogP contribution in [0.25, 0.3) is 0 Å². The van der Waals surface area contributed by atoms with Gasteiger partial charge in [0.05, 0.1) is 0 Å². The summed E-state index contributed by atoms with van der Waals surface area (Å²) in [7, 11) is 0. The van der Waals surface area contributed by atoms with Gasteiger partial charge in [-0.15, -0.1) is 11.8 Å². The van der Waals surface area contributed by atoms with E-state index in [1.54, 1.807) is 0 Å². The van der Waals surface area contributed by atoms with Crippen LogP contribution >= 0.6 is 11.8 Å². The standard InChI is InChI=1S/C18H28O3S/c1-8-14(16(20)21)22-11-9-12(17(2,3)4)15(19)13(10-11)18(5,6)7/h9-10,14,19H,8H2,1-7H3,(H,20,21)/t14-/m1/s1. The first kappa shape index (κ1) is 18.9. The van der Waals surface area contributed by atoms with Crippen LogP contribution in [0.15, 0.2) is 17.0 Å². The predicted octanol–water partition coefficient (Wildman–Crippen LogP) is 4.94. The third-order valence-corrected chi connectivity index (χ3v) is 4.95. The zero-order valence-corrected chi connectivity index (χ0v) is 15.5. The van der Waals surface area contributed by atoms with Crippen LogP contribution in [0.3, 0.4) is 0 Å². The predicted molar refractivity (Wildman–Crippen MR) is 93.1 cm³/mol. The Labute approximate surface area is 138 Å². The molecule has 0 saturated heterocycles. The van der Waals surface area contributed by atoms with Crippen LogP contribution in [-0.2, 0) is 15.6 Å². The lowest BCUT2D eigenvalue weighted by molar-refractivity contribution is -0.136. The molecule has 0 saturated carbocycles. The monoisotopic (exact) mass is 324 g/mol. The van der Waals surface area contributed by atoms with E-state index in [4.69, 9.17) is 0 Å². The lowest BCUT2D eigenvalue weighted by atomic mass is 9.79. The molecule has 0 bridgehead atoms. The lowest BCUT2D eigenvalue weighted by Crippen LogP contribution is -2.18. The molecule has 0 radical (unpaired) electrons. The van der Waals surface area contributed by atoms with Crippen molar-refractivity contribution in [3.63, 3.8) is 0 Å².